The maximum atomic E-state index is 6.17. The highest BCUT2D eigenvalue weighted by atomic mass is 16.5. The Kier molecular flexibility index (Phi) is 8.45. The van der Waals surface area contributed by atoms with Crippen molar-refractivity contribution in [1.82, 2.24) is 20.4 Å². The van der Waals surface area contributed by atoms with E-state index in [-0.39, 0.29) is 11.0 Å². The molecule has 0 aromatic heterocycles. The first kappa shape index (κ1) is 23.8. The summed E-state index contributed by atoms with van der Waals surface area (Å²) in [7, 11) is 4.15. The Morgan fingerprint density at radius 1 is 1.03 bits per heavy atom. The summed E-state index contributed by atoms with van der Waals surface area (Å²) in [4.78, 5) is 9.82. The lowest BCUT2D eigenvalue weighted by atomic mass is 9.78. The molecule has 2 atom stereocenters. The van der Waals surface area contributed by atoms with Gasteiger partial charge in [-0.05, 0) is 77.2 Å². The second-order valence-corrected chi connectivity index (χ2v) is 10.9. The van der Waals surface area contributed by atoms with Crippen molar-refractivity contribution in [2.45, 2.75) is 77.4 Å². The molecule has 0 saturated carbocycles. The van der Waals surface area contributed by atoms with Gasteiger partial charge >= 0.3 is 0 Å². The fourth-order valence-electron chi connectivity index (χ4n) is 5.71. The van der Waals surface area contributed by atoms with Gasteiger partial charge in [-0.25, -0.2) is 0 Å². The first-order chi connectivity index (χ1) is 14.3. The smallest absolute Gasteiger partial charge is 0.191 e. The molecule has 0 aromatic carbocycles. The van der Waals surface area contributed by atoms with Crippen molar-refractivity contribution >= 4 is 5.96 Å². The molecule has 6 heteroatoms. The van der Waals surface area contributed by atoms with Crippen LogP contribution in [0.4, 0.5) is 0 Å². The van der Waals surface area contributed by atoms with Gasteiger partial charge < -0.3 is 20.3 Å². The summed E-state index contributed by atoms with van der Waals surface area (Å²) >= 11 is 0. The summed E-state index contributed by atoms with van der Waals surface area (Å²) in [5, 5.41) is 7.36. The number of guanidine groups is 1. The molecule has 3 fully saturated rings. The van der Waals surface area contributed by atoms with Crippen LogP contribution in [0.2, 0.25) is 0 Å². The highest BCUT2D eigenvalue weighted by Gasteiger charge is 2.40. The topological polar surface area (TPSA) is 52.1 Å². The van der Waals surface area contributed by atoms with Crippen molar-refractivity contribution in [2.24, 2.45) is 16.3 Å². The van der Waals surface area contributed by atoms with Crippen LogP contribution in [0, 0.1) is 11.3 Å². The van der Waals surface area contributed by atoms with Crippen LogP contribution in [0.15, 0.2) is 4.99 Å². The molecule has 2 N–H and O–H groups in total. The molecule has 3 aliphatic rings. The molecule has 174 valence electrons. The molecule has 6 nitrogen and oxygen atoms in total. The number of nitrogens with one attached hydrogen (secondary N) is 2. The summed E-state index contributed by atoms with van der Waals surface area (Å²) in [6.07, 6.45) is 9.28. The third-order valence-electron chi connectivity index (χ3n) is 7.58. The Hall–Kier alpha value is -0.850. The van der Waals surface area contributed by atoms with E-state index >= 15 is 0 Å². The molecule has 30 heavy (non-hydrogen) atoms. The molecule has 0 spiro atoms. The van der Waals surface area contributed by atoms with E-state index in [9.17, 15) is 0 Å². The fourth-order valence-corrected chi connectivity index (χ4v) is 5.71. The van der Waals surface area contributed by atoms with E-state index in [1.165, 1.54) is 64.7 Å². The molecule has 3 saturated heterocycles. The predicted octanol–water partition coefficient (Wildman–Crippen LogP) is 2.94. The second kappa shape index (κ2) is 10.6. The highest BCUT2D eigenvalue weighted by molar-refractivity contribution is 5.79. The van der Waals surface area contributed by atoms with Crippen molar-refractivity contribution in [2.75, 3.05) is 60.0 Å². The maximum absolute atomic E-state index is 6.17. The van der Waals surface area contributed by atoms with E-state index in [2.05, 4.69) is 53.2 Å². The summed E-state index contributed by atoms with van der Waals surface area (Å²) in [5.41, 5.74) is 0.447. The minimum absolute atomic E-state index is 0.177. The summed E-state index contributed by atoms with van der Waals surface area (Å²) in [5.74, 6) is 1.49. The van der Waals surface area contributed by atoms with E-state index in [0.717, 1.165) is 32.1 Å². The number of hydrogen-bond acceptors (Lipinski definition) is 4. The largest absolute Gasteiger partial charge is 0.377 e. The zero-order chi connectivity index (χ0) is 21.6. The third-order valence-corrected chi connectivity index (χ3v) is 7.58. The molecule has 3 rings (SSSR count). The van der Waals surface area contributed by atoms with Crippen molar-refractivity contribution in [3.8, 4) is 0 Å². The molecule has 0 aliphatic carbocycles. The normalized spacial score (nSPS) is 29.6. The first-order valence-corrected chi connectivity index (χ1v) is 12.3. The predicted molar refractivity (Wildman–Crippen MR) is 126 cm³/mol. The number of nitrogens with zero attached hydrogens (tertiary/aromatic N) is 3. The molecule has 0 radical (unpaired) electrons. The van der Waals surface area contributed by atoms with Crippen LogP contribution >= 0.6 is 0 Å². The number of aliphatic imine (C=N–C) groups is 1. The fraction of sp³-hybridized carbons (Fsp3) is 0.958. The summed E-state index contributed by atoms with van der Waals surface area (Å²) < 4.78 is 6.17. The minimum atomic E-state index is 0.177. The molecule has 0 bridgehead atoms. The lowest BCUT2D eigenvalue weighted by Gasteiger charge is -2.50. The SMILES string of the molecule is CN=C(NCC1CCCOC1C(C)(C)C)NCC1(N2CCCCC2)CCN(C)CC1. The van der Waals surface area contributed by atoms with Crippen molar-refractivity contribution in [3.63, 3.8) is 0 Å². The molecule has 3 heterocycles. The van der Waals surface area contributed by atoms with Crippen LogP contribution < -0.4 is 10.6 Å². The van der Waals surface area contributed by atoms with Crippen molar-refractivity contribution in [1.29, 1.82) is 0 Å². The summed E-state index contributed by atoms with van der Waals surface area (Å²) in [6.45, 7) is 14.6. The van der Waals surface area contributed by atoms with Crippen LogP contribution in [0.5, 0.6) is 0 Å². The van der Waals surface area contributed by atoms with E-state index < -0.39 is 0 Å². The lowest BCUT2D eigenvalue weighted by molar-refractivity contribution is -0.0835. The van der Waals surface area contributed by atoms with Crippen LogP contribution in [0.1, 0.15) is 65.7 Å². The molecule has 0 aromatic rings. The van der Waals surface area contributed by atoms with Gasteiger partial charge in [0.1, 0.15) is 0 Å². The van der Waals surface area contributed by atoms with Gasteiger partial charge in [-0.15, -0.1) is 0 Å². The average molecular weight is 422 g/mol. The average Bonchev–Trinajstić information content (AvgIpc) is 2.75. The van der Waals surface area contributed by atoms with E-state index in [0.29, 0.717) is 12.0 Å². The monoisotopic (exact) mass is 421 g/mol. The number of rotatable bonds is 5. The zero-order valence-electron chi connectivity index (χ0n) is 20.3. The highest BCUT2D eigenvalue weighted by Crippen LogP contribution is 2.34. The number of likely N-dealkylation sites (tertiary alicyclic amines) is 2. The second-order valence-electron chi connectivity index (χ2n) is 10.9. The molecular formula is C24H47N5O. The van der Waals surface area contributed by atoms with Crippen molar-refractivity contribution in [3.05, 3.63) is 0 Å². The van der Waals surface area contributed by atoms with Gasteiger partial charge in [-0.1, -0.05) is 27.2 Å². The molecule has 0 amide bonds. The maximum Gasteiger partial charge on any atom is 0.191 e. The number of ether oxygens (including phenoxy) is 1. The Morgan fingerprint density at radius 2 is 1.73 bits per heavy atom. The van der Waals surface area contributed by atoms with Gasteiger partial charge in [0.15, 0.2) is 5.96 Å². The van der Waals surface area contributed by atoms with Gasteiger partial charge in [0.25, 0.3) is 0 Å². The first-order valence-electron chi connectivity index (χ1n) is 12.3. The minimum Gasteiger partial charge on any atom is -0.377 e. The lowest BCUT2D eigenvalue weighted by Crippen LogP contribution is -2.62. The quantitative estimate of drug-likeness (QED) is 0.528. The Bertz CT molecular complexity index is 544. The zero-order valence-corrected chi connectivity index (χ0v) is 20.3. The van der Waals surface area contributed by atoms with Crippen LogP contribution in [-0.4, -0.2) is 87.4 Å². The Balaban J connectivity index is 1.57. The number of hydrogen-bond donors (Lipinski definition) is 2. The van der Waals surface area contributed by atoms with Gasteiger partial charge in [-0.3, -0.25) is 9.89 Å². The van der Waals surface area contributed by atoms with Gasteiger partial charge in [0.05, 0.1) is 6.10 Å². The summed E-state index contributed by atoms with van der Waals surface area (Å²) in [6, 6.07) is 0. The molecule has 2 unspecified atom stereocenters. The Morgan fingerprint density at radius 3 is 2.37 bits per heavy atom. The van der Waals surface area contributed by atoms with Gasteiger partial charge in [-0.2, -0.15) is 0 Å². The number of piperidine rings is 2. The van der Waals surface area contributed by atoms with Crippen LogP contribution in [0.3, 0.4) is 0 Å². The molecular weight excluding hydrogens is 374 g/mol. The third kappa shape index (κ3) is 6.10. The van der Waals surface area contributed by atoms with E-state index in [1.807, 2.05) is 7.05 Å². The molecule has 3 aliphatic heterocycles. The van der Waals surface area contributed by atoms with Gasteiger partial charge in [0.2, 0.25) is 0 Å². The van der Waals surface area contributed by atoms with E-state index in [4.69, 9.17) is 4.74 Å². The van der Waals surface area contributed by atoms with Crippen molar-refractivity contribution < 1.29 is 4.74 Å². The van der Waals surface area contributed by atoms with E-state index in [1.54, 1.807) is 0 Å². The van der Waals surface area contributed by atoms with Crippen LogP contribution in [-0.2, 0) is 4.74 Å². The standard InChI is InChI=1S/C24H47N5O/c1-23(2,3)21-20(10-9-17-30-21)18-26-22(25-4)27-19-24(11-15-28(5)16-12-24)29-13-7-6-8-14-29/h20-21H,6-19H2,1-5H3,(H2,25,26,27). The van der Waals surface area contributed by atoms with Gasteiger partial charge in [0, 0.05) is 38.2 Å². The van der Waals surface area contributed by atoms with Crippen LogP contribution in [0.25, 0.3) is 0 Å². The Labute approximate surface area is 185 Å².